The number of nitrogens with zero attached hydrogens (tertiary/aromatic N) is 1. The molecule has 4 nitrogen and oxygen atoms in total. The fourth-order valence-corrected chi connectivity index (χ4v) is 3.11. The Kier molecular flexibility index (Phi) is 7.19. The molecule has 0 aliphatic carbocycles. The maximum Gasteiger partial charge on any atom is 0.255 e. The predicted molar refractivity (Wildman–Crippen MR) is 114 cm³/mol. The third kappa shape index (κ3) is 5.44. The summed E-state index contributed by atoms with van der Waals surface area (Å²) in [5.41, 5.74) is 6.65. The van der Waals surface area contributed by atoms with Gasteiger partial charge in [0, 0.05) is 30.0 Å². The number of carbonyl (C=O) groups is 1. The molecule has 144 valence electrons. The normalized spacial score (nSPS) is 15.5. The standard InChI is InChI=1S/C23H30N2O2/c1-7-20(9-8-19(6)25-10-12-27-13-11-25)23(26)24-22-15-21(16(2)3)17(4)14-18(22)5/h7-9,14-15H,1-2,10-13H2,3-6H3,(H,24,26)/b19-8+,20-9+. The molecule has 1 aromatic carbocycles. The first-order chi connectivity index (χ1) is 12.8. The Balaban J connectivity index is 2.18. The summed E-state index contributed by atoms with van der Waals surface area (Å²) in [7, 11) is 0. The number of nitrogens with one attached hydrogen (secondary N) is 1. The minimum absolute atomic E-state index is 0.171. The Morgan fingerprint density at radius 1 is 1.15 bits per heavy atom. The van der Waals surface area contributed by atoms with Crippen molar-refractivity contribution >= 4 is 17.2 Å². The van der Waals surface area contributed by atoms with Crippen LogP contribution in [0.2, 0.25) is 0 Å². The van der Waals surface area contributed by atoms with Crippen LogP contribution in [0.3, 0.4) is 0 Å². The van der Waals surface area contributed by atoms with Crippen LogP contribution in [0.15, 0.2) is 54.8 Å². The zero-order chi connectivity index (χ0) is 20.0. The van der Waals surface area contributed by atoms with Crippen molar-refractivity contribution in [1.29, 1.82) is 0 Å². The lowest BCUT2D eigenvalue weighted by Gasteiger charge is -2.29. The molecular weight excluding hydrogens is 336 g/mol. The minimum Gasteiger partial charge on any atom is -0.378 e. The largest absolute Gasteiger partial charge is 0.378 e. The van der Waals surface area contributed by atoms with E-state index in [4.69, 9.17) is 4.74 Å². The molecule has 0 spiro atoms. The SMILES string of the molecule is C=C/C(=C\C=C(/C)N1CCOCC1)C(=O)Nc1cc(C(=C)C)c(C)cc1C. The molecule has 1 aromatic rings. The van der Waals surface area contributed by atoms with Gasteiger partial charge in [-0.05, 0) is 62.6 Å². The van der Waals surface area contributed by atoms with E-state index in [1.165, 1.54) is 0 Å². The number of benzene rings is 1. The Morgan fingerprint density at radius 2 is 1.81 bits per heavy atom. The Morgan fingerprint density at radius 3 is 2.41 bits per heavy atom. The van der Waals surface area contributed by atoms with Crippen LogP contribution < -0.4 is 5.32 Å². The van der Waals surface area contributed by atoms with Crippen LogP contribution in [-0.4, -0.2) is 37.1 Å². The molecule has 1 aliphatic heterocycles. The second-order valence-electron chi connectivity index (χ2n) is 6.95. The van der Waals surface area contributed by atoms with E-state index >= 15 is 0 Å². The summed E-state index contributed by atoms with van der Waals surface area (Å²) in [4.78, 5) is 15.0. The molecule has 1 heterocycles. The maximum absolute atomic E-state index is 12.7. The third-order valence-corrected chi connectivity index (χ3v) is 4.78. The molecule has 0 atom stereocenters. The summed E-state index contributed by atoms with van der Waals surface area (Å²) in [6.07, 6.45) is 5.36. The summed E-state index contributed by atoms with van der Waals surface area (Å²) in [5.74, 6) is -0.171. The van der Waals surface area contributed by atoms with Crippen LogP contribution in [-0.2, 0) is 9.53 Å². The van der Waals surface area contributed by atoms with Gasteiger partial charge in [0.05, 0.1) is 13.2 Å². The van der Waals surface area contributed by atoms with Gasteiger partial charge in [0.2, 0.25) is 0 Å². The molecule has 1 aliphatic rings. The highest BCUT2D eigenvalue weighted by atomic mass is 16.5. The number of hydrogen-bond acceptors (Lipinski definition) is 3. The van der Waals surface area contributed by atoms with E-state index in [0.29, 0.717) is 5.57 Å². The van der Waals surface area contributed by atoms with E-state index in [1.807, 2.05) is 39.0 Å². The van der Waals surface area contributed by atoms with Crippen LogP contribution in [0, 0.1) is 13.8 Å². The Bertz CT molecular complexity index is 797. The molecule has 0 radical (unpaired) electrons. The summed E-state index contributed by atoms with van der Waals surface area (Å²) in [6.45, 7) is 19.1. The van der Waals surface area contributed by atoms with Crippen molar-refractivity contribution in [2.24, 2.45) is 0 Å². The number of aryl methyl sites for hydroxylation is 2. The van der Waals surface area contributed by atoms with Gasteiger partial charge in [0.25, 0.3) is 5.91 Å². The molecule has 0 aromatic heterocycles. The molecule has 0 bridgehead atoms. The van der Waals surface area contributed by atoms with Crippen molar-refractivity contribution in [1.82, 2.24) is 4.90 Å². The van der Waals surface area contributed by atoms with Crippen molar-refractivity contribution in [2.45, 2.75) is 27.7 Å². The highest BCUT2D eigenvalue weighted by molar-refractivity contribution is 6.06. The highest BCUT2D eigenvalue weighted by Gasteiger charge is 2.12. The van der Waals surface area contributed by atoms with Crippen molar-refractivity contribution in [3.63, 3.8) is 0 Å². The first-order valence-corrected chi connectivity index (χ1v) is 9.25. The average Bonchev–Trinajstić information content (AvgIpc) is 2.64. The number of rotatable bonds is 6. The number of morpholine rings is 1. The number of hydrogen-bond donors (Lipinski definition) is 1. The molecule has 2 rings (SSSR count). The summed E-state index contributed by atoms with van der Waals surface area (Å²) in [5, 5.41) is 3.00. The second-order valence-corrected chi connectivity index (χ2v) is 6.95. The van der Waals surface area contributed by atoms with E-state index < -0.39 is 0 Å². The zero-order valence-electron chi connectivity index (χ0n) is 16.9. The lowest BCUT2D eigenvalue weighted by molar-refractivity contribution is -0.112. The zero-order valence-corrected chi connectivity index (χ0v) is 16.9. The Labute approximate surface area is 162 Å². The lowest BCUT2D eigenvalue weighted by atomic mass is 9.99. The second kappa shape index (κ2) is 9.38. The van der Waals surface area contributed by atoms with Crippen LogP contribution in [0.4, 0.5) is 5.69 Å². The number of ether oxygens (including phenoxy) is 1. The van der Waals surface area contributed by atoms with Crippen LogP contribution in [0.1, 0.15) is 30.5 Å². The van der Waals surface area contributed by atoms with Crippen LogP contribution in [0.25, 0.3) is 5.57 Å². The first kappa shape index (κ1) is 20.7. The first-order valence-electron chi connectivity index (χ1n) is 9.25. The number of amides is 1. The fraction of sp³-hybridized carbons (Fsp3) is 0.348. The summed E-state index contributed by atoms with van der Waals surface area (Å²) in [6, 6.07) is 4.06. The van der Waals surface area contributed by atoms with Crippen molar-refractivity contribution in [3.05, 3.63) is 71.5 Å². The average molecular weight is 367 g/mol. The number of carbonyl (C=O) groups excluding carboxylic acids is 1. The number of allylic oxidation sites excluding steroid dienone is 4. The van der Waals surface area contributed by atoms with E-state index in [9.17, 15) is 4.79 Å². The lowest BCUT2D eigenvalue weighted by Crippen LogP contribution is -2.34. The smallest absolute Gasteiger partial charge is 0.255 e. The van der Waals surface area contributed by atoms with Crippen molar-refractivity contribution in [3.8, 4) is 0 Å². The molecule has 0 unspecified atom stereocenters. The number of anilines is 1. The fourth-order valence-electron chi connectivity index (χ4n) is 3.11. The predicted octanol–water partition coefficient (Wildman–Crippen LogP) is 4.62. The van der Waals surface area contributed by atoms with Gasteiger partial charge in [-0.2, -0.15) is 0 Å². The molecular formula is C23H30N2O2. The molecule has 1 N–H and O–H groups in total. The van der Waals surface area contributed by atoms with Gasteiger partial charge >= 0.3 is 0 Å². The minimum atomic E-state index is -0.171. The van der Waals surface area contributed by atoms with Gasteiger partial charge in [-0.25, -0.2) is 0 Å². The topological polar surface area (TPSA) is 41.6 Å². The summed E-state index contributed by atoms with van der Waals surface area (Å²) < 4.78 is 5.38. The molecule has 1 fully saturated rings. The van der Waals surface area contributed by atoms with E-state index in [2.05, 4.69) is 36.4 Å². The monoisotopic (exact) mass is 366 g/mol. The van der Waals surface area contributed by atoms with Crippen LogP contribution >= 0.6 is 0 Å². The third-order valence-electron chi connectivity index (χ3n) is 4.78. The summed E-state index contributed by atoms with van der Waals surface area (Å²) >= 11 is 0. The van der Waals surface area contributed by atoms with Gasteiger partial charge in [0.1, 0.15) is 0 Å². The Hall–Kier alpha value is -2.59. The van der Waals surface area contributed by atoms with E-state index in [-0.39, 0.29) is 5.91 Å². The van der Waals surface area contributed by atoms with E-state index in [0.717, 1.165) is 60.0 Å². The molecule has 1 saturated heterocycles. The van der Waals surface area contributed by atoms with Crippen molar-refractivity contribution in [2.75, 3.05) is 31.6 Å². The van der Waals surface area contributed by atoms with Gasteiger partial charge in [-0.1, -0.05) is 30.9 Å². The molecule has 4 heteroatoms. The molecule has 27 heavy (non-hydrogen) atoms. The van der Waals surface area contributed by atoms with Gasteiger partial charge in [-0.3, -0.25) is 4.79 Å². The van der Waals surface area contributed by atoms with Crippen molar-refractivity contribution < 1.29 is 9.53 Å². The van der Waals surface area contributed by atoms with Gasteiger partial charge in [0.15, 0.2) is 0 Å². The van der Waals surface area contributed by atoms with E-state index in [1.54, 1.807) is 6.08 Å². The molecule has 1 amide bonds. The van der Waals surface area contributed by atoms with Gasteiger partial charge < -0.3 is 15.0 Å². The maximum atomic E-state index is 12.7. The quantitative estimate of drug-likeness (QED) is 0.590. The highest BCUT2D eigenvalue weighted by Crippen LogP contribution is 2.25. The van der Waals surface area contributed by atoms with Gasteiger partial charge in [-0.15, -0.1) is 0 Å². The van der Waals surface area contributed by atoms with Crippen LogP contribution in [0.5, 0.6) is 0 Å². The molecule has 0 saturated carbocycles.